The van der Waals surface area contributed by atoms with Crippen molar-refractivity contribution in [2.24, 2.45) is 5.73 Å². The molecule has 20 heavy (non-hydrogen) atoms. The van der Waals surface area contributed by atoms with Gasteiger partial charge in [-0.2, -0.15) is 5.10 Å². The van der Waals surface area contributed by atoms with Crippen LogP contribution in [-0.4, -0.2) is 46.3 Å². The molecule has 3 N–H and O–H groups in total. The summed E-state index contributed by atoms with van der Waals surface area (Å²) in [5, 5.41) is 7.16. The molecule has 6 nitrogen and oxygen atoms in total. The smallest absolute Gasteiger partial charge is 0.239 e. The first-order chi connectivity index (χ1) is 9.61. The van der Waals surface area contributed by atoms with Gasteiger partial charge in [-0.25, -0.2) is 4.68 Å². The van der Waals surface area contributed by atoms with Gasteiger partial charge in [-0.15, -0.1) is 0 Å². The van der Waals surface area contributed by atoms with Crippen LogP contribution in [0, 0.1) is 0 Å². The minimum absolute atomic E-state index is 0.00718. The van der Waals surface area contributed by atoms with Crippen molar-refractivity contribution < 1.29 is 4.79 Å². The number of nitrogens with two attached hydrogens (primary N) is 1. The highest BCUT2D eigenvalue weighted by Gasteiger charge is 2.23. The molecule has 1 aliphatic heterocycles. The van der Waals surface area contributed by atoms with Crippen molar-refractivity contribution in [2.45, 2.75) is 45.2 Å². The van der Waals surface area contributed by atoms with Crippen molar-refractivity contribution in [3.8, 4) is 0 Å². The van der Waals surface area contributed by atoms with Crippen molar-refractivity contribution in [3.63, 3.8) is 0 Å². The molecule has 0 bridgehead atoms. The van der Waals surface area contributed by atoms with Gasteiger partial charge in [0, 0.05) is 24.7 Å². The number of hydrogen-bond acceptors (Lipinski definition) is 4. The number of rotatable bonds is 5. The summed E-state index contributed by atoms with van der Waals surface area (Å²) in [7, 11) is 0. The summed E-state index contributed by atoms with van der Waals surface area (Å²) in [6.45, 7) is 6.07. The summed E-state index contributed by atoms with van der Waals surface area (Å²) in [4.78, 5) is 14.4. The average Bonchev–Trinajstić information content (AvgIpc) is 2.87. The molecule has 1 fully saturated rings. The zero-order chi connectivity index (χ0) is 14.5. The Bertz CT molecular complexity index is 443. The second kappa shape index (κ2) is 6.85. The maximum atomic E-state index is 12.2. The summed E-state index contributed by atoms with van der Waals surface area (Å²) in [5.41, 5.74) is 5.78. The van der Waals surface area contributed by atoms with E-state index in [1.54, 1.807) is 6.20 Å². The lowest BCUT2D eigenvalue weighted by Crippen LogP contribution is -2.47. The van der Waals surface area contributed by atoms with Crippen LogP contribution in [-0.2, 0) is 4.79 Å². The summed E-state index contributed by atoms with van der Waals surface area (Å²) in [5.74, 6) is 0.763. The molecule has 2 rings (SSSR count). The fourth-order valence-corrected chi connectivity index (χ4v) is 2.73. The Labute approximate surface area is 120 Å². The van der Waals surface area contributed by atoms with Crippen LogP contribution in [0.25, 0.3) is 0 Å². The Balaban J connectivity index is 1.93. The van der Waals surface area contributed by atoms with Crippen LogP contribution < -0.4 is 11.1 Å². The highest BCUT2D eigenvalue weighted by molar-refractivity contribution is 5.91. The lowest BCUT2D eigenvalue weighted by Gasteiger charge is -2.34. The van der Waals surface area contributed by atoms with Crippen molar-refractivity contribution >= 4 is 11.7 Å². The number of anilines is 1. The fourth-order valence-electron chi connectivity index (χ4n) is 2.73. The van der Waals surface area contributed by atoms with E-state index in [2.05, 4.69) is 15.3 Å². The third-order valence-corrected chi connectivity index (χ3v) is 3.79. The quantitative estimate of drug-likeness (QED) is 0.849. The second-order valence-electron chi connectivity index (χ2n) is 5.66. The van der Waals surface area contributed by atoms with Gasteiger partial charge in [-0.1, -0.05) is 6.42 Å². The Morgan fingerprint density at radius 3 is 3.05 bits per heavy atom. The molecule has 112 valence electrons. The lowest BCUT2D eigenvalue weighted by molar-refractivity contribution is -0.118. The van der Waals surface area contributed by atoms with Crippen molar-refractivity contribution in [1.82, 2.24) is 14.7 Å². The van der Waals surface area contributed by atoms with E-state index in [-0.39, 0.29) is 11.9 Å². The van der Waals surface area contributed by atoms with Crippen LogP contribution in [0.2, 0.25) is 0 Å². The second-order valence-corrected chi connectivity index (χ2v) is 5.66. The number of carbonyl (C=O) groups excluding carboxylic acids is 1. The first kappa shape index (κ1) is 15.0. The molecule has 1 aromatic heterocycles. The molecular formula is C14H25N5O. The molecule has 1 unspecified atom stereocenters. The third-order valence-electron chi connectivity index (χ3n) is 3.79. The molecule has 1 aromatic rings. The molecular weight excluding hydrogens is 254 g/mol. The Morgan fingerprint density at radius 2 is 2.35 bits per heavy atom. The molecule has 2 heterocycles. The Morgan fingerprint density at radius 1 is 1.55 bits per heavy atom. The molecule has 1 amide bonds. The van der Waals surface area contributed by atoms with Gasteiger partial charge < -0.3 is 11.1 Å². The predicted molar refractivity (Wildman–Crippen MR) is 79.5 cm³/mol. The standard InChI is InChI=1S/C14H25N5O/c1-11(2)19-13(6-7-16-19)17-14(20)10-18-8-4-3-5-12(18)9-15/h6-7,11-12H,3-5,8-10,15H2,1-2H3,(H,17,20). The maximum absolute atomic E-state index is 12.2. The van der Waals surface area contributed by atoms with E-state index >= 15 is 0 Å². The normalized spacial score (nSPS) is 20.3. The van der Waals surface area contributed by atoms with Crippen molar-refractivity contribution in [3.05, 3.63) is 12.3 Å². The number of hydrogen-bond donors (Lipinski definition) is 2. The summed E-state index contributed by atoms with van der Waals surface area (Å²) in [6.07, 6.45) is 5.15. The summed E-state index contributed by atoms with van der Waals surface area (Å²) in [6, 6.07) is 2.39. The van der Waals surface area contributed by atoms with E-state index in [1.165, 1.54) is 6.42 Å². The first-order valence-corrected chi connectivity index (χ1v) is 7.39. The number of piperidine rings is 1. The van der Waals surface area contributed by atoms with E-state index < -0.39 is 0 Å². The van der Waals surface area contributed by atoms with E-state index in [9.17, 15) is 4.79 Å². The monoisotopic (exact) mass is 279 g/mol. The van der Waals surface area contributed by atoms with E-state index in [0.29, 0.717) is 19.1 Å². The fraction of sp³-hybridized carbons (Fsp3) is 0.714. The van der Waals surface area contributed by atoms with Gasteiger partial charge in [-0.3, -0.25) is 9.69 Å². The lowest BCUT2D eigenvalue weighted by atomic mass is 10.0. The van der Waals surface area contributed by atoms with E-state index in [1.807, 2.05) is 24.6 Å². The first-order valence-electron chi connectivity index (χ1n) is 7.39. The van der Waals surface area contributed by atoms with Crippen LogP contribution in [0.15, 0.2) is 12.3 Å². The van der Waals surface area contributed by atoms with E-state index in [0.717, 1.165) is 25.2 Å². The number of likely N-dealkylation sites (tertiary alicyclic amines) is 1. The molecule has 0 spiro atoms. The zero-order valence-corrected chi connectivity index (χ0v) is 12.4. The van der Waals surface area contributed by atoms with Crippen LogP contribution in [0.3, 0.4) is 0 Å². The molecule has 0 aliphatic carbocycles. The van der Waals surface area contributed by atoms with Crippen LogP contribution in [0.1, 0.15) is 39.2 Å². The number of aromatic nitrogens is 2. The van der Waals surface area contributed by atoms with Gasteiger partial charge in [0.05, 0.1) is 12.7 Å². The van der Waals surface area contributed by atoms with Gasteiger partial charge in [0.25, 0.3) is 0 Å². The van der Waals surface area contributed by atoms with Gasteiger partial charge in [-0.05, 0) is 33.2 Å². The van der Waals surface area contributed by atoms with Gasteiger partial charge >= 0.3 is 0 Å². The minimum atomic E-state index is 0.00718. The number of amides is 1. The number of nitrogens with one attached hydrogen (secondary N) is 1. The molecule has 0 saturated carbocycles. The Kier molecular flexibility index (Phi) is 5.14. The zero-order valence-electron chi connectivity index (χ0n) is 12.4. The molecule has 1 atom stereocenters. The molecule has 0 aromatic carbocycles. The average molecular weight is 279 g/mol. The number of nitrogens with zero attached hydrogens (tertiary/aromatic N) is 3. The van der Waals surface area contributed by atoms with Gasteiger partial charge in [0.1, 0.15) is 5.82 Å². The number of carbonyl (C=O) groups is 1. The summed E-state index contributed by atoms with van der Waals surface area (Å²) < 4.78 is 1.81. The van der Waals surface area contributed by atoms with Gasteiger partial charge in [0.2, 0.25) is 5.91 Å². The highest BCUT2D eigenvalue weighted by atomic mass is 16.2. The Hall–Kier alpha value is -1.40. The van der Waals surface area contributed by atoms with Crippen LogP contribution in [0.5, 0.6) is 0 Å². The summed E-state index contributed by atoms with van der Waals surface area (Å²) >= 11 is 0. The van der Waals surface area contributed by atoms with Gasteiger partial charge in [0.15, 0.2) is 0 Å². The minimum Gasteiger partial charge on any atom is -0.329 e. The molecule has 6 heteroatoms. The topological polar surface area (TPSA) is 76.2 Å². The maximum Gasteiger partial charge on any atom is 0.239 e. The van der Waals surface area contributed by atoms with Crippen LogP contribution in [0.4, 0.5) is 5.82 Å². The third kappa shape index (κ3) is 3.58. The largest absolute Gasteiger partial charge is 0.329 e. The van der Waals surface area contributed by atoms with Crippen molar-refractivity contribution in [2.75, 3.05) is 25.0 Å². The molecule has 0 radical (unpaired) electrons. The SMILES string of the molecule is CC(C)n1nccc1NC(=O)CN1CCCCC1CN. The molecule has 1 saturated heterocycles. The van der Waals surface area contributed by atoms with Crippen molar-refractivity contribution in [1.29, 1.82) is 0 Å². The molecule has 1 aliphatic rings. The highest BCUT2D eigenvalue weighted by Crippen LogP contribution is 2.17. The van der Waals surface area contributed by atoms with Crippen LogP contribution >= 0.6 is 0 Å². The van der Waals surface area contributed by atoms with E-state index in [4.69, 9.17) is 5.73 Å². The predicted octanol–water partition coefficient (Wildman–Crippen LogP) is 1.22.